The highest BCUT2D eigenvalue weighted by atomic mass is 32.2. The summed E-state index contributed by atoms with van der Waals surface area (Å²) in [5.41, 5.74) is 3.59. The quantitative estimate of drug-likeness (QED) is 0.618. The number of nitrogens with one attached hydrogen (secondary N) is 1. The van der Waals surface area contributed by atoms with Crippen molar-refractivity contribution >= 4 is 27.6 Å². The van der Waals surface area contributed by atoms with Crippen molar-refractivity contribution in [2.45, 2.75) is 57.8 Å². The Kier molecular flexibility index (Phi) is 7.83. The van der Waals surface area contributed by atoms with Crippen molar-refractivity contribution in [1.29, 1.82) is 0 Å². The molecule has 0 atom stereocenters. The smallest absolute Gasteiger partial charge is 0.309 e. The van der Waals surface area contributed by atoms with Crippen molar-refractivity contribution in [2.75, 3.05) is 25.0 Å². The van der Waals surface area contributed by atoms with Gasteiger partial charge in [0.2, 0.25) is 10.0 Å². The van der Waals surface area contributed by atoms with E-state index in [9.17, 15) is 18.0 Å². The number of amides is 1. The Morgan fingerprint density at radius 1 is 1.00 bits per heavy atom. The maximum Gasteiger partial charge on any atom is 0.309 e. The molecule has 1 N–H and O–H groups in total. The zero-order valence-corrected chi connectivity index (χ0v) is 21.4. The highest BCUT2D eigenvalue weighted by Gasteiger charge is 2.33. The van der Waals surface area contributed by atoms with E-state index in [1.54, 1.807) is 12.1 Å². The van der Waals surface area contributed by atoms with E-state index in [1.807, 2.05) is 44.2 Å². The minimum absolute atomic E-state index is 0.0589. The molecule has 1 saturated heterocycles. The zero-order chi connectivity index (χ0) is 25.1. The number of piperidine rings is 1. The molecule has 7 nitrogen and oxygen atoms in total. The van der Waals surface area contributed by atoms with Crippen LogP contribution in [0.5, 0.6) is 0 Å². The predicted molar refractivity (Wildman–Crippen MR) is 132 cm³/mol. The summed E-state index contributed by atoms with van der Waals surface area (Å²) >= 11 is 0. The number of sulfonamides is 1. The van der Waals surface area contributed by atoms with Crippen molar-refractivity contribution in [3.8, 4) is 0 Å². The average Bonchev–Trinajstić information content (AvgIpc) is 2.79. The van der Waals surface area contributed by atoms with Crippen molar-refractivity contribution in [3.63, 3.8) is 0 Å². The van der Waals surface area contributed by atoms with Crippen molar-refractivity contribution in [3.05, 3.63) is 59.2 Å². The summed E-state index contributed by atoms with van der Waals surface area (Å²) in [5, 5.41) is 2.79. The van der Waals surface area contributed by atoms with E-state index in [2.05, 4.69) is 26.1 Å². The summed E-state index contributed by atoms with van der Waals surface area (Å²) in [4.78, 5) is 25.0. The normalized spacial score (nSPS) is 15.7. The molecule has 0 bridgehead atoms. The summed E-state index contributed by atoms with van der Waals surface area (Å²) in [5.74, 6) is -1.30. The first-order valence-electron chi connectivity index (χ1n) is 11.5. The van der Waals surface area contributed by atoms with Crippen LogP contribution in [0, 0.1) is 19.8 Å². The molecule has 0 radical (unpaired) electrons. The first-order valence-corrected chi connectivity index (χ1v) is 13.0. The van der Waals surface area contributed by atoms with Gasteiger partial charge in [-0.05, 0) is 60.9 Å². The monoisotopic (exact) mass is 486 g/mol. The van der Waals surface area contributed by atoms with Crippen LogP contribution in [0.2, 0.25) is 0 Å². The third-order valence-electron chi connectivity index (χ3n) is 6.24. The molecule has 1 heterocycles. The third kappa shape index (κ3) is 6.04. The van der Waals surface area contributed by atoms with E-state index in [-0.39, 0.29) is 30.0 Å². The van der Waals surface area contributed by atoms with Gasteiger partial charge < -0.3 is 10.1 Å². The Morgan fingerprint density at radius 2 is 1.56 bits per heavy atom. The molecule has 34 heavy (non-hydrogen) atoms. The molecule has 1 aliphatic heterocycles. The molecule has 0 aromatic heterocycles. The van der Waals surface area contributed by atoms with Crippen LogP contribution >= 0.6 is 0 Å². The predicted octanol–water partition coefficient (Wildman–Crippen LogP) is 4.18. The molecule has 8 heteroatoms. The van der Waals surface area contributed by atoms with E-state index < -0.39 is 27.8 Å². The molecule has 3 rings (SSSR count). The largest absolute Gasteiger partial charge is 0.455 e. The number of hydrogen-bond acceptors (Lipinski definition) is 5. The molecular formula is C26H34N2O5S. The molecular weight excluding hydrogens is 452 g/mol. The van der Waals surface area contributed by atoms with Crippen molar-refractivity contribution in [1.82, 2.24) is 4.31 Å². The lowest BCUT2D eigenvalue weighted by Gasteiger charge is -2.30. The number of rotatable bonds is 6. The van der Waals surface area contributed by atoms with Gasteiger partial charge >= 0.3 is 5.97 Å². The second-order valence-electron chi connectivity index (χ2n) is 9.88. The van der Waals surface area contributed by atoms with Gasteiger partial charge in [-0.2, -0.15) is 4.31 Å². The van der Waals surface area contributed by atoms with E-state index in [1.165, 1.54) is 4.31 Å². The number of carbonyl (C=O) groups excluding carboxylic acids is 2. The fourth-order valence-electron chi connectivity index (χ4n) is 4.05. The maximum absolute atomic E-state index is 13.0. The number of nitrogens with zero attached hydrogens (tertiary/aromatic N) is 1. The van der Waals surface area contributed by atoms with Gasteiger partial charge in [-0.3, -0.25) is 9.59 Å². The van der Waals surface area contributed by atoms with Gasteiger partial charge in [0.15, 0.2) is 6.61 Å². The Balaban J connectivity index is 1.52. The lowest BCUT2D eigenvalue weighted by Crippen LogP contribution is -2.41. The van der Waals surface area contributed by atoms with Crippen LogP contribution in [0.15, 0.2) is 47.4 Å². The number of ether oxygens (including phenoxy) is 1. The Bertz CT molecular complexity index is 1120. The van der Waals surface area contributed by atoms with Crippen LogP contribution < -0.4 is 5.32 Å². The Morgan fingerprint density at radius 3 is 2.09 bits per heavy atom. The van der Waals surface area contributed by atoms with Crippen molar-refractivity contribution in [2.24, 2.45) is 5.92 Å². The second kappa shape index (κ2) is 10.3. The van der Waals surface area contributed by atoms with E-state index >= 15 is 0 Å². The third-order valence-corrected chi connectivity index (χ3v) is 8.15. The first-order chi connectivity index (χ1) is 15.9. The molecule has 184 valence electrons. The number of carbonyl (C=O) groups is 2. The summed E-state index contributed by atoms with van der Waals surface area (Å²) in [7, 11) is -3.62. The lowest BCUT2D eigenvalue weighted by atomic mass is 9.87. The van der Waals surface area contributed by atoms with Gasteiger partial charge in [-0.15, -0.1) is 0 Å². The van der Waals surface area contributed by atoms with E-state index in [4.69, 9.17) is 4.74 Å². The Hall–Kier alpha value is -2.71. The fraction of sp³-hybridized carbons (Fsp3) is 0.462. The lowest BCUT2D eigenvalue weighted by molar-refractivity contribution is -0.152. The summed E-state index contributed by atoms with van der Waals surface area (Å²) in [6.45, 7) is 10.1. The highest BCUT2D eigenvalue weighted by molar-refractivity contribution is 7.89. The molecule has 2 aromatic carbocycles. The van der Waals surface area contributed by atoms with Crippen LogP contribution in [0.3, 0.4) is 0 Å². The van der Waals surface area contributed by atoms with Crippen LogP contribution in [0.25, 0.3) is 0 Å². The van der Waals surface area contributed by atoms with E-state index in [0.29, 0.717) is 12.8 Å². The number of anilines is 1. The van der Waals surface area contributed by atoms with Gasteiger partial charge in [0.1, 0.15) is 0 Å². The molecule has 0 unspecified atom stereocenters. The molecule has 1 aliphatic rings. The topological polar surface area (TPSA) is 92.8 Å². The number of aryl methyl sites for hydroxylation is 2. The van der Waals surface area contributed by atoms with E-state index in [0.717, 1.165) is 22.4 Å². The number of esters is 1. The van der Waals surface area contributed by atoms with Gasteiger partial charge in [0.25, 0.3) is 5.91 Å². The molecule has 2 aromatic rings. The summed E-state index contributed by atoms with van der Waals surface area (Å²) in [6.07, 6.45) is 0.716. The minimum Gasteiger partial charge on any atom is -0.455 e. The SMILES string of the molecule is Cc1cccc(C)c1NC(=O)COC(=O)C1CCN(S(=O)(=O)c2ccc(C(C)(C)C)cc2)CC1. The van der Waals surface area contributed by atoms with Crippen LogP contribution in [0.4, 0.5) is 5.69 Å². The maximum atomic E-state index is 13.0. The second-order valence-corrected chi connectivity index (χ2v) is 11.8. The molecule has 0 aliphatic carbocycles. The Labute approximate surface area is 202 Å². The number of hydrogen-bond donors (Lipinski definition) is 1. The van der Waals surface area contributed by atoms with Gasteiger partial charge in [-0.25, -0.2) is 8.42 Å². The highest BCUT2D eigenvalue weighted by Crippen LogP contribution is 2.27. The zero-order valence-electron chi connectivity index (χ0n) is 20.6. The first kappa shape index (κ1) is 25.9. The average molecular weight is 487 g/mol. The molecule has 0 saturated carbocycles. The molecule has 0 spiro atoms. The van der Waals surface area contributed by atoms with Crippen LogP contribution in [-0.4, -0.2) is 44.3 Å². The fourth-order valence-corrected chi connectivity index (χ4v) is 5.52. The summed E-state index contributed by atoms with van der Waals surface area (Å²) < 4.78 is 32.7. The van der Waals surface area contributed by atoms with Gasteiger partial charge in [-0.1, -0.05) is 51.1 Å². The number of benzene rings is 2. The minimum atomic E-state index is -3.62. The summed E-state index contributed by atoms with van der Waals surface area (Å²) in [6, 6.07) is 12.7. The van der Waals surface area contributed by atoms with Crippen LogP contribution in [0.1, 0.15) is 50.3 Å². The molecule has 1 amide bonds. The standard InChI is InChI=1S/C26H34N2O5S/c1-18-7-6-8-19(2)24(18)27-23(29)17-33-25(30)20-13-15-28(16-14-20)34(31,32)22-11-9-21(10-12-22)26(3,4)5/h6-12,20H,13-17H2,1-5H3,(H,27,29). The number of para-hydroxylation sites is 1. The van der Waals surface area contributed by atoms with Crippen LogP contribution in [-0.2, 0) is 29.8 Å². The van der Waals surface area contributed by atoms with Crippen molar-refractivity contribution < 1.29 is 22.7 Å². The van der Waals surface area contributed by atoms with Gasteiger partial charge in [0.05, 0.1) is 10.8 Å². The molecule has 1 fully saturated rings. The van der Waals surface area contributed by atoms with Gasteiger partial charge in [0, 0.05) is 18.8 Å².